The molecular formula is C15H13Br2F. The van der Waals surface area contributed by atoms with E-state index >= 15 is 0 Å². The van der Waals surface area contributed by atoms with Crippen LogP contribution in [0.5, 0.6) is 0 Å². The molecule has 0 heterocycles. The summed E-state index contributed by atoms with van der Waals surface area (Å²) < 4.78 is 14.3. The van der Waals surface area contributed by atoms with Gasteiger partial charge in [-0.1, -0.05) is 62.2 Å². The summed E-state index contributed by atoms with van der Waals surface area (Å²) in [6.45, 7) is 0. The van der Waals surface area contributed by atoms with Crippen molar-refractivity contribution < 1.29 is 4.39 Å². The first-order valence-electron chi connectivity index (χ1n) is 5.75. The topological polar surface area (TPSA) is 0 Å². The Hall–Kier alpha value is -0.670. The van der Waals surface area contributed by atoms with E-state index in [1.165, 1.54) is 11.6 Å². The van der Waals surface area contributed by atoms with Crippen LogP contribution in [0.25, 0.3) is 0 Å². The summed E-state index contributed by atoms with van der Waals surface area (Å²) in [4.78, 5) is 0. The van der Waals surface area contributed by atoms with Crippen LogP contribution >= 0.6 is 31.9 Å². The van der Waals surface area contributed by atoms with Crippen molar-refractivity contribution in [3.05, 3.63) is 69.9 Å². The Morgan fingerprint density at radius 2 is 1.83 bits per heavy atom. The molecule has 0 nitrogen and oxygen atoms in total. The molecule has 2 aromatic rings. The summed E-state index contributed by atoms with van der Waals surface area (Å²) in [6.07, 6.45) is 0.825. The number of hydrogen-bond donors (Lipinski definition) is 0. The number of rotatable bonds is 4. The number of hydrogen-bond acceptors (Lipinski definition) is 0. The Bertz CT molecular complexity index is 525. The van der Waals surface area contributed by atoms with Crippen LogP contribution in [0.4, 0.5) is 4.39 Å². The van der Waals surface area contributed by atoms with Crippen molar-refractivity contribution in [3.8, 4) is 0 Å². The first-order valence-corrected chi connectivity index (χ1v) is 7.67. The van der Waals surface area contributed by atoms with Gasteiger partial charge in [-0.2, -0.15) is 0 Å². The lowest BCUT2D eigenvalue weighted by atomic mass is 9.94. The van der Waals surface area contributed by atoms with Crippen LogP contribution in [-0.4, -0.2) is 5.33 Å². The highest BCUT2D eigenvalue weighted by molar-refractivity contribution is 9.10. The molecule has 0 saturated heterocycles. The lowest BCUT2D eigenvalue weighted by Crippen LogP contribution is -2.05. The van der Waals surface area contributed by atoms with Crippen LogP contribution < -0.4 is 0 Å². The minimum absolute atomic E-state index is 0.173. The van der Waals surface area contributed by atoms with Crippen LogP contribution in [-0.2, 0) is 6.42 Å². The van der Waals surface area contributed by atoms with Crippen LogP contribution in [0, 0.1) is 5.82 Å². The van der Waals surface area contributed by atoms with E-state index in [1.54, 1.807) is 12.1 Å². The van der Waals surface area contributed by atoms with Crippen LogP contribution in [0.3, 0.4) is 0 Å². The van der Waals surface area contributed by atoms with E-state index in [1.807, 2.05) is 24.3 Å². The minimum Gasteiger partial charge on any atom is -0.207 e. The molecule has 0 radical (unpaired) electrons. The highest BCUT2D eigenvalue weighted by atomic mass is 79.9. The molecule has 3 heteroatoms. The molecule has 2 aromatic carbocycles. The SMILES string of the molecule is Fc1cccc(CC(CBr)c2ccccc2Br)c1. The van der Waals surface area contributed by atoms with Gasteiger partial charge in [0.05, 0.1) is 0 Å². The van der Waals surface area contributed by atoms with E-state index in [-0.39, 0.29) is 5.82 Å². The molecular weight excluding hydrogens is 359 g/mol. The lowest BCUT2D eigenvalue weighted by molar-refractivity contribution is 0.623. The van der Waals surface area contributed by atoms with E-state index in [0.29, 0.717) is 5.92 Å². The normalized spacial score (nSPS) is 12.4. The van der Waals surface area contributed by atoms with Crippen molar-refractivity contribution in [2.45, 2.75) is 12.3 Å². The van der Waals surface area contributed by atoms with Crippen LogP contribution in [0.1, 0.15) is 17.0 Å². The first kappa shape index (κ1) is 13.8. The van der Waals surface area contributed by atoms with Crippen LogP contribution in [0.15, 0.2) is 53.0 Å². The predicted octanol–water partition coefficient (Wildman–Crippen LogP) is 5.31. The summed E-state index contributed by atoms with van der Waals surface area (Å²) >= 11 is 7.12. The summed E-state index contributed by atoms with van der Waals surface area (Å²) in [7, 11) is 0. The maximum absolute atomic E-state index is 13.2. The zero-order chi connectivity index (χ0) is 13.0. The summed E-state index contributed by atoms with van der Waals surface area (Å²) in [5.74, 6) is 0.162. The number of alkyl halides is 1. The third-order valence-corrected chi connectivity index (χ3v) is 4.41. The van der Waals surface area contributed by atoms with E-state index in [9.17, 15) is 4.39 Å². The van der Waals surface area contributed by atoms with E-state index in [0.717, 1.165) is 21.8 Å². The molecule has 0 aliphatic heterocycles. The third-order valence-electron chi connectivity index (χ3n) is 2.90. The monoisotopic (exact) mass is 370 g/mol. The van der Waals surface area contributed by atoms with Gasteiger partial charge in [0.15, 0.2) is 0 Å². The Labute approximate surface area is 123 Å². The zero-order valence-electron chi connectivity index (χ0n) is 9.74. The zero-order valence-corrected chi connectivity index (χ0v) is 12.9. The van der Waals surface area contributed by atoms with E-state index < -0.39 is 0 Å². The average molecular weight is 372 g/mol. The van der Waals surface area contributed by atoms with E-state index in [2.05, 4.69) is 37.9 Å². The fourth-order valence-corrected chi connectivity index (χ4v) is 3.19. The minimum atomic E-state index is -0.173. The summed E-state index contributed by atoms with van der Waals surface area (Å²) in [6, 6.07) is 15.0. The Morgan fingerprint density at radius 3 is 2.50 bits per heavy atom. The molecule has 94 valence electrons. The second-order valence-corrected chi connectivity index (χ2v) is 5.71. The van der Waals surface area contributed by atoms with Gasteiger partial charge in [-0.05, 0) is 41.7 Å². The summed E-state index contributed by atoms with van der Waals surface area (Å²) in [5, 5.41) is 0.853. The van der Waals surface area contributed by atoms with Crippen molar-refractivity contribution in [2.24, 2.45) is 0 Å². The Morgan fingerprint density at radius 1 is 1.06 bits per heavy atom. The van der Waals surface area contributed by atoms with Gasteiger partial charge >= 0.3 is 0 Å². The van der Waals surface area contributed by atoms with Gasteiger partial charge in [-0.15, -0.1) is 0 Å². The lowest BCUT2D eigenvalue weighted by Gasteiger charge is -2.16. The van der Waals surface area contributed by atoms with Crippen molar-refractivity contribution >= 4 is 31.9 Å². The quantitative estimate of drug-likeness (QED) is 0.639. The standard InChI is InChI=1S/C15H13Br2F/c16-10-12(14-6-1-2-7-15(14)17)8-11-4-3-5-13(18)9-11/h1-7,9,12H,8,10H2. The van der Waals surface area contributed by atoms with Gasteiger partial charge in [0.2, 0.25) is 0 Å². The molecule has 0 aliphatic carbocycles. The van der Waals surface area contributed by atoms with Crippen molar-refractivity contribution in [3.63, 3.8) is 0 Å². The van der Waals surface area contributed by atoms with Crippen molar-refractivity contribution in [1.29, 1.82) is 0 Å². The number of benzene rings is 2. The number of halogens is 3. The molecule has 1 atom stereocenters. The fourth-order valence-electron chi connectivity index (χ4n) is 2.00. The van der Waals surface area contributed by atoms with Gasteiger partial charge in [-0.3, -0.25) is 0 Å². The smallest absolute Gasteiger partial charge is 0.123 e. The molecule has 0 amide bonds. The fraction of sp³-hybridized carbons (Fsp3) is 0.200. The molecule has 2 rings (SSSR count). The molecule has 0 fully saturated rings. The molecule has 1 unspecified atom stereocenters. The second kappa shape index (κ2) is 6.48. The predicted molar refractivity (Wildman–Crippen MR) is 80.8 cm³/mol. The highest BCUT2D eigenvalue weighted by Gasteiger charge is 2.13. The maximum atomic E-state index is 13.2. The molecule has 18 heavy (non-hydrogen) atoms. The Balaban J connectivity index is 2.23. The molecule has 0 bridgehead atoms. The maximum Gasteiger partial charge on any atom is 0.123 e. The van der Waals surface area contributed by atoms with E-state index in [4.69, 9.17) is 0 Å². The molecule has 0 aliphatic rings. The average Bonchev–Trinajstić information content (AvgIpc) is 2.37. The van der Waals surface area contributed by atoms with Gasteiger partial charge in [0, 0.05) is 9.80 Å². The first-order chi connectivity index (χ1) is 8.70. The summed E-state index contributed by atoms with van der Waals surface area (Å²) in [5.41, 5.74) is 2.27. The molecule has 0 aromatic heterocycles. The van der Waals surface area contributed by atoms with Crippen LogP contribution in [0.2, 0.25) is 0 Å². The van der Waals surface area contributed by atoms with Gasteiger partial charge in [0.25, 0.3) is 0 Å². The molecule has 0 spiro atoms. The van der Waals surface area contributed by atoms with Gasteiger partial charge in [0.1, 0.15) is 5.82 Å². The van der Waals surface area contributed by atoms with Gasteiger partial charge < -0.3 is 0 Å². The molecule has 0 N–H and O–H groups in total. The highest BCUT2D eigenvalue weighted by Crippen LogP contribution is 2.29. The second-order valence-electron chi connectivity index (χ2n) is 4.21. The van der Waals surface area contributed by atoms with Crippen molar-refractivity contribution in [2.75, 3.05) is 5.33 Å². The van der Waals surface area contributed by atoms with Crippen molar-refractivity contribution in [1.82, 2.24) is 0 Å². The molecule has 0 saturated carbocycles. The largest absolute Gasteiger partial charge is 0.207 e. The Kier molecular flexibility index (Phi) is 4.95. The third kappa shape index (κ3) is 3.42. The van der Waals surface area contributed by atoms with Gasteiger partial charge in [-0.25, -0.2) is 4.39 Å².